The Balaban J connectivity index is 1.94. The summed E-state index contributed by atoms with van der Waals surface area (Å²) in [4.78, 5) is 17.2. The number of carbonyl (C=O) groups is 1. The number of benzene rings is 1. The summed E-state index contributed by atoms with van der Waals surface area (Å²) in [6.07, 6.45) is 4.06. The van der Waals surface area contributed by atoms with Crippen LogP contribution in [0, 0.1) is 0 Å². The number of nitrogens with zero attached hydrogens (tertiary/aromatic N) is 3. The molecule has 1 aromatic heterocycles. The number of halogens is 2. The van der Waals surface area contributed by atoms with Crippen molar-refractivity contribution >= 4 is 11.7 Å². The summed E-state index contributed by atoms with van der Waals surface area (Å²) in [5, 5.41) is 9.27. The number of hydrogen-bond donors (Lipinski definition) is 1. The summed E-state index contributed by atoms with van der Waals surface area (Å²) in [5.74, 6) is -0.698. The predicted octanol–water partition coefficient (Wildman–Crippen LogP) is 2.93. The lowest BCUT2D eigenvalue weighted by molar-refractivity contribution is 0.0668. The molecule has 1 N–H and O–H groups in total. The second-order valence-corrected chi connectivity index (χ2v) is 5.16. The van der Waals surface area contributed by atoms with Crippen molar-refractivity contribution in [2.45, 2.75) is 25.9 Å². The van der Waals surface area contributed by atoms with Crippen LogP contribution in [0.2, 0.25) is 0 Å². The van der Waals surface area contributed by atoms with Gasteiger partial charge in [0.15, 0.2) is 0 Å². The van der Waals surface area contributed by atoms with Crippen molar-refractivity contribution in [3.05, 3.63) is 47.5 Å². The average Bonchev–Trinajstić information content (AvgIpc) is 2.95. The van der Waals surface area contributed by atoms with E-state index in [9.17, 15) is 18.7 Å². The number of hydrogen-bond acceptors (Lipinski definition) is 3. The van der Waals surface area contributed by atoms with E-state index in [0.717, 1.165) is 22.2 Å². The molecule has 0 saturated carbocycles. The van der Waals surface area contributed by atoms with Crippen LogP contribution in [0.3, 0.4) is 0 Å². The fraction of sp³-hybridized carbons (Fsp3) is 0.333. The minimum Gasteiger partial charge on any atom is -0.478 e. The molecule has 1 aliphatic rings. The summed E-state index contributed by atoms with van der Waals surface area (Å²) in [6, 6.07) is 5.08. The lowest BCUT2D eigenvalue weighted by Crippen LogP contribution is -2.31. The third kappa shape index (κ3) is 2.54. The molecule has 0 amide bonds. The molecule has 22 heavy (non-hydrogen) atoms. The second-order valence-electron chi connectivity index (χ2n) is 5.16. The monoisotopic (exact) mass is 307 g/mol. The molecule has 116 valence electrons. The van der Waals surface area contributed by atoms with E-state index in [1.54, 1.807) is 12.1 Å². The van der Waals surface area contributed by atoms with Gasteiger partial charge in [-0.3, -0.25) is 4.57 Å². The summed E-state index contributed by atoms with van der Waals surface area (Å²) < 4.78 is 26.6. The Morgan fingerprint density at radius 3 is 2.95 bits per heavy atom. The normalized spacial score (nSPS) is 14.2. The predicted molar refractivity (Wildman–Crippen MR) is 76.3 cm³/mol. The van der Waals surface area contributed by atoms with Gasteiger partial charge in [-0.15, -0.1) is 0 Å². The van der Waals surface area contributed by atoms with E-state index in [-0.39, 0.29) is 17.9 Å². The Morgan fingerprint density at radius 2 is 2.23 bits per heavy atom. The Hall–Kier alpha value is -2.44. The van der Waals surface area contributed by atoms with Crippen molar-refractivity contribution in [1.29, 1.82) is 0 Å². The van der Waals surface area contributed by atoms with Crippen molar-refractivity contribution in [2.75, 3.05) is 11.4 Å². The molecule has 2 aromatic rings. The van der Waals surface area contributed by atoms with Crippen LogP contribution < -0.4 is 4.90 Å². The fourth-order valence-electron chi connectivity index (χ4n) is 2.88. The smallest absolute Gasteiger partial charge is 0.336 e. The van der Waals surface area contributed by atoms with E-state index in [0.29, 0.717) is 13.0 Å². The first-order valence-electron chi connectivity index (χ1n) is 6.98. The molecule has 0 atom stereocenters. The number of carboxylic acid groups (broad SMARTS) is 1. The zero-order valence-corrected chi connectivity index (χ0v) is 11.7. The largest absolute Gasteiger partial charge is 0.478 e. The average molecular weight is 307 g/mol. The molecule has 1 aromatic carbocycles. The third-order valence-electron chi connectivity index (χ3n) is 3.87. The van der Waals surface area contributed by atoms with E-state index in [1.165, 1.54) is 12.4 Å². The molecule has 0 saturated heterocycles. The molecule has 0 spiro atoms. The van der Waals surface area contributed by atoms with Crippen LogP contribution in [0.25, 0.3) is 0 Å². The van der Waals surface area contributed by atoms with Crippen molar-refractivity contribution in [2.24, 2.45) is 0 Å². The van der Waals surface area contributed by atoms with Crippen LogP contribution in [0.1, 0.15) is 34.7 Å². The van der Waals surface area contributed by atoms with Crippen LogP contribution in [0.4, 0.5) is 14.5 Å². The molecule has 7 heteroatoms. The Bertz CT molecular complexity index is 700. The molecule has 1 aliphatic heterocycles. The highest BCUT2D eigenvalue weighted by Gasteiger charge is 2.23. The van der Waals surface area contributed by atoms with Crippen molar-refractivity contribution < 1.29 is 18.7 Å². The number of rotatable bonds is 4. The van der Waals surface area contributed by atoms with Gasteiger partial charge >= 0.3 is 12.5 Å². The quantitative estimate of drug-likeness (QED) is 0.943. The molecular formula is C15H15F2N3O2. The second kappa shape index (κ2) is 5.75. The molecular weight excluding hydrogens is 292 g/mol. The number of anilines is 1. The molecule has 2 heterocycles. The summed E-state index contributed by atoms with van der Waals surface area (Å²) in [5.41, 5.74) is 1.82. The summed E-state index contributed by atoms with van der Waals surface area (Å²) in [6.45, 7) is -1.72. The summed E-state index contributed by atoms with van der Waals surface area (Å²) >= 11 is 0. The highest BCUT2D eigenvalue weighted by atomic mass is 19.3. The standard InChI is InChI=1S/C15H15F2N3O2/c16-15(17)20-8-6-18-13(20)9-19-7-2-4-10-11(14(21)22)3-1-5-12(10)19/h1,3,5-6,8,15H,2,4,7,9H2,(H,21,22). The minimum atomic E-state index is -2.63. The molecule has 5 nitrogen and oxygen atoms in total. The van der Waals surface area contributed by atoms with Gasteiger partial charge in [0.25, 0.3) is 0 Å². The zero-order chi connectivity index (χ0) is 15.7. The third-order valence-corrected chi connectivity index (χ3v) is 3.87. The van der Waals surface area contributed by atoms with Gasteiger partial charge in [0.05, 0.1) is 12.1 Å². The Labute approximate surface area is 125 Å². The summed E-state index contributed by atoms with van der Waals surface area (Å²) in [7, 11) is 0. The van der Waals surface area contributed by atoms with Gasteiger partial charge in [-0.05, 0) is 30.5 Å². The van der Waals surface area contributed by atoms with Gasteiger partial charge in [0.2, 0.25) is 0 Å². The van der Waals surface area contributed by atoms with E-state index in [4.69, 9.17) is 0 Å². The van der Waals surface area contributed by atoms with Crippen molar-refractivity contribution in [3.8, 4) is 0 Å². The van der Waals surface area contributed by atoms with E-state index in [1.807, 2.05) is 11.0 Å². The van der Waals surface area contributed by atoms with Gasteiger partial charge in [-0.1, -0.05) is 6.07 Å². The number of alkyl halides is 2. The van der Waals surface area contributed by atoms with Crippen LogP contribution in [0.15, 0.2) is 30.6 Å². The van der Waals surface area contributed by atoms with Crippen LogP contribution in [-0.4, -0.2) is 27.2 Å². The number of carboxylic acids is 1. The molecule has 3 rings (SSSR count). The highest BCUT2D eigenvalue weighted by molar-refractivity contribution is 5.91. The van der Waals surface area contributed by atoms with Crippen molar-refractivity contribution in [1.82, 2.24) is 9.55 Å². The van der Waals surface area contributed by atoms with Gasteiger partial charge in [0, 0.05) is 24.6 Å². The van der Waals surface area contributed by atoms with Gasteiger partial charge < -0.3 is 10.0 Å². The number of aromatic carboxylic acids is 1. The first-order valence-corrected chi connectivity index (χ1v) is 6.98. The topological polar surface area (TPSA) is 58.4 Å². The maximum Gasteiger partial charge on any atom is 0.336 e. The van der Waals surface area contributed by atoms with E-state index >= 15 is 0 Å². The molecule has 0 bridgehead atoms. The van der Waals surface area contributed by atoms with Crippen LogP contribution >= 0.6 is 0 Å². The maximum atomic E-state index is 12.9. The number of aromatic nitrogens is 2. The minimum absolute atomic E-state index is 0.230. The first-order chi connectivity index (χ1) is 10.6. The molecule has 0 unspecified atom stereocenters. The van der Waals surface area contributed by atoms with Gasteiger partial charge in [-0.25, -0.2) is 9.78 Å². The van der Waals surface area contributed by atoms with Crippen LogP contribution in [0.5, 0.6) is 0 Å². The number of fused-ring (bicyclic) bond motifs is 1. The lowest BCUT2D eigenvalue weighted by Gasteiger charge is -2.31. The maximum absolute atomic E-state index is 12.9. The van der Waals surface area contributed by atoms with E-state index in [2.05, 4.69) is 4.98 Å². The fourth-order valence-corrected chi connectivity index (χ4v) is 2.88. The van der Waals surface area contributed by atoms with Gasteiger partial charge in [-0.2, -0.15) is 8.78 Å². The SMILES string of the molecule is O=C(O)c1cccc2c1CCCN2Cc1nccn1C(F)F. The lowest BCUT2D eigenvalue weighted by atomic mass is 9.96. The molecule has 0 radical (unpaired) electrons. The highest BCUT2D eigenvalue weighted by Crippen LogP contribution is 2.31. The Kier molecular flexibility index (Phi) is 3.79. The zero-order valence-electron chi connectivity index (χ0n) is 11.7. The molecule has 0 aliphatic carbocycles. The van der Waals surface area contributed by atoms with Crippen molar-refractivity contribution in [3.63, 3.8) is 0 Å². The first kappa shape index (κ1) is 14.5. The van der Waals surface area contributed by atoms with E-state index < -0.39 is 12.5 Å². The molecule has 0 fully saturated rings. The van der Waals surface area contributed by atoms with Gasteiger partial charge in [0.1, 0.15) is 5.82 Å². The number of imidazole rings is 1. The van der Waals surface area contributed by atoms with Crippen LogP contribution in [-0.2, 0) is 13.0 Å². The Morgan fingerprint density at radius 1 is 1.41 bits per heavy atom.